The normalized spacial score (nSPS) is 15.0. The average Bonchev–Trinajstić information content (AvgIpc) is 2.74. The van der Waals surface area contributed by atoms with E-state index in [2.05, 4.69) is 10.6 Å². The molecule has 0 atom stereocenters. The lowest BCUT2D eigenvalue weighted by Crippen LogP contribution is -2.40. The molecule has 0 aliphatic carbocycles. The van der Waals surface area contributed by atoms with Gasteiger partial charge in [0.1, 0.15) is 5.75 Å². The van der Waals surface area contributed by atoms with E-state index in [-0.39, 0.29) is 17.3 Å². The second kappa shape index (κ2) is 9.25. The summed E-state index contributed by atoms with van der Waals surface area (Å²) >= 11 is 0. The molecule has 2 aromatic carbocycles. The van der Waals surface area contributed by atoms with E-state index >= 15 is 0 Å². The van der Waals surface area contributed by atoms with Gasteiger partial charge in [-0.05, 0) is 48.9 Å². The highest BCUT2D eigenvalue weighted by molar-refractivity contribution is 7.89. The van der Waals surface area contributed by atoms with Crippen molar-refractivity contribution in [2.24, 2.45) is 0 Å². The van der Waals surface area contributed by atoms with Crippen molar-refractivity contribution in [2.75, 3.05) is 50.6 Å². The SMILES string of the molecule is COc1ccc(NC(=O)CNc2ccc(C)c(S(=O)(=O)N3CCOCC3)c2)cc1. The lowest BCUT2D eigenvalue weighted by molar-refractivity contribution is -0.114. The van der Waals surface area contributed by atoms with Crippen molar-refractivity contribution in [3.05, 3.63) is 48.0 Å². The number of nitrogens with zero attached hydrogens (tertiary/aromatic N) is 1. The molecule has 0 saturated carbocycles. The van der Waals surface area contributed by atoms with Crippen LogP contribution in [-0.2, 0) is 19.6 Å². The number of anilines is 2. The first-order valence-corrected chi connectivity index (χ1v) is 10.7. The molecule has 1 fully saturated rings. The van der Waals surface area contributed by atoms with Crippen LogP contribution in [0.4, 0.5) is 11.4 Å². The third-order valence-corrected chi connectivity index (χ3v) is 6.64. The lowest BCUT2D eigenvalue weighted by atomic mass is 10.2. The minimum Gasteiger partial charge on any atom is -0.497 e. The van der Waals surface area contributed by atoms with Crippen LogP contribution >= 0.6 is 0 Å². The number of hydrogen-bond acceptors (Lipinski definition) is 6. The average molecular weight is 420 g/mol. The van der Waals surface area contributed by atoms with Crippen LogP contribution in [0.15, 0.2) is 47.4 Å². The predicted octanol–water partition coefficient (Wildman–Crippen LogP) is 2.08. The van der Waals surface area contributed by atoms with Gasteiger partial charge in [-0.15, -0.1) is 0 Å². The molecule has 1 heterocycles. The Labute approximate surface area is 170 Å². The maximum atomic E-state index is 12.9. The maximum Gasteiger partial charge on any atom is 0.243 e. The molecule has 0 bridgehead atoms. The number of morpholine rings is 1. The van der Waals surface area contributed by atoms with E-state index in [1.54, 1.807) is 56.5 Å². The summed E-state index contributed by atoms with van der Waals surface area (Å²) in [5.41, 5.74) is 1.87. The summed E-state index contributed by atoms with van der Waals surface area (Å²) < 4.78 is 37.6. The zero-order valence-electron chi connectivity index (χ0n) is 16.5. The summed E-state index contributed by atoms with van der Waals surface area (Å²) in [6.45, 7) is 3.22. The van der Waals surface area contributed by atoms with Gasteiger partial charge in [0.15, 0.2) is 0 Å². The fourth-order valence-electron chi connectivity index (χ4n) is 2.98. The van der Waals surface area contributed by atoms with Crippen LogP contribution in [0, 0.1) is 6.92 Å². The van der Waals surface area contributed by atoms with Gasteiger partial charge in [0, 0.05) is 24.5 Å². The largest absolute Gasteiger partial charge is 0.497 e. The molecule has 29 heavy (non-hydrogen) atoms. The molecule has 0 spiro atoms. The van der Waals surface area contributed by atoms with Crippen molar-refractivity contribution >= 4 is 27.3 Å². The molecule has 1 amide bonds. The highest BCUT2D eigenvalue weighted by atomic mass is 32.2. The lowest BCUT2D eigenvalue weighted by Gasteiger charge is -2.27. The van der Waals surface area contributed by atoms with Crippen molar-refractivity contribution in [1.29, 1.82) is 0 Å². The van der Waals surface area contributed by atoms with E-state index in [0.717, 1.165) is 0 Å². The molecule has 1 saturated heterocycles. The second-order valence-electron chi connectivity index (χ2n) is 6.63. The highest BCUT2D eigenvalue weighted by Crippen LogP contribution is 2.24. The zero-order valence-corrected chi connectivity index (χ0v) is 17.3. The van der Waals surface area contributed by atoms with Crippen LogP contribution in [0.2, 0.25) is 0 Å². The van der Waals surface area contributed by atoms with Gasteiger partial charge in [-0.1, -0.05) is 6.07 Å². The molecule has 156 valence electrons. The van der Waals surface area contributed by atoms with Gasteiger partial charge in [0.25, 0.3) is 0 Å². The Kier molecular flexibility index (Phi) is 6.73. The summed E-state index contributed by atoms with van der Waals surface area (Å²) in [7, 11) is -2.03. The van der Waals surface area contributed by atoms with Crippen molar-refractivity contribution in [3.8, 4) is 5.75 Å². The van der Waals surface area contributed by atoms with E-state index in [0.29, 0.717) is 49.0 Å². The van der Waals surface area contributed by atoms with Crippen molar-refractivity contribution in [3.63, 3.8) is 0 Å². The molecule has 2 N–H and O–H groups in total. The second-order valence-corrected chi connectivity index (χ2v) is 8.53. The standard InChI is InChI=1S/C20H25N3O5S/c1-15-3-4-17(13-19(15)29(25,26)23-9-11-28-12-10-23)21-14-20(24)22-16-5-7-18(27-2)8-6-16/h3-8,13,21H,9-12,14H2,1-2H3,(H,22,24). The summed E-state index contributed by atoms with van der Waals surface area (Å²) in [5, 5.41) is 5.76. The van der Waals surface area contributed by atoms with E-state index in [1.807, 2.05) is 0 Å². The quantitative estimate of drug-likeness (QED) is 0.713. The number of carbonyl (C=O) groups is 1. The Morgan fingerprint density at radius 1 is 1.10 bits per heavy atom. The Morgan fingerprint density at radius 3 is 2.41 bits per heavy atom. The van der Waals surface area contributed by atoms with Gasteiger partial charge in [-0.3, -0.25) is 4.79 Å². The zero-order chi connectivity index (χ0) is 20.9. The Hall–Kier alpha value is -2.62. The van der Waals surface area contributed by atoms with E-state index in [4.69, 9.17) is 9.47 Å². The number of aryl methyl sites for hydroxylation is 1. The maximum absolute atomic E-state index is 12.9. The first-order chi connectivity index (χ1) is 13.9. The molecule has 0 aromatic heterocycles. The topological polar surface area (TPSA) is 97.0 Å². The van der Waals surface area contributed by atoms with Crippen molar-refractivity contribution < 1.29 is 22.7 Å². The number of ether oxygens (including phenoxy) is 2. The molecular formula is C20H25N3O5S. The molecule has 3 rings (SSSR count). The van der Waals surface area contributed by atoms with Gasteiger partial charge in [-0.25, -0.2) is 8.42 Å². The number of methoxy groups -OCH3 is 1. The monoisotopic (exact) mass is 419 g/mol. The Bertz CT molecular complexity index is 955. The minimum absolute atomic E-state index is 0.00608. The molecular weight excluding hydrogens is 394 g/mol. The van der Waals surface area contributed by atoms with Gasteiger partial charge in [0.2, 0.25) is 15.9 Å². The summed E-state index contributed by atoms with van der Waals surface area (Å²) in [6.07, 6.45) is 0. The number of amides is 1. The van der Waals surface area contributed by atoms with Gasteiger partial charge in [0.05, 0.1) is 31.8 Å². The summed E-state index contributed by atoms with van der Waals surface area (Å²) in [4.78, 5) is 12.4. The number of carbonyl (C=O) groups excluding carboxylic acids is 1. The van der Waals surface area contributed by atoms with E-state index < -0.39 is 10.0 Å². The molecule has 9 heteroatoms. The minimum atomic E-state index is -3.61. The fourth-order valence-corrected chi connectivity index (χ4v) is 4.63. The third-order valence-electron chi connectivity index (χ3n) is 4.60. The van der Waals surface area contributed by atoms with Crippen molar-refractivity contribution in [1.82, 2.24) is 4.31 Å². The van der Waals surface area contributed by atoms with Gasteiger partial charge in [-0.2, -0.15) is 4.31 Å². The van der Waals surface area contributed by atoms with Crippen LogP contribution in [0.5, 0.6) is 5.75 Å². The molecule has 1 aliphatic rings. The molecule has 8 nitrogen and oxygen atoms in total. The molecule has 2 aromatic rings. The summed E-state index contributed by atoms with van der Waals surface area (Å²) in [6, 6.07) is 12.1. The smallest absolute Gasteiger partial charge is 0.243 e. The van der Waals surface area contributed by atoms with Crippen LogP contribution in [0.25, 0.3) is 0 Å². The van der Waals surface area contributed by atoms with Crippen LogP contribution in [0.1, 0.15) is 5.56 Å². The Balaban J connectivity index is 1.65. The molecule has 0 unspecified atom stereocenters. The fraction of sp³-hybridized carbons (Fsp3) is 0.350. The van der Waals surface area contributed by atoms with E-state index in [1.165, 1.54) is 4.31 Å². The number of benzene rings is 2. The summed E-state index contributed by atoms with van der Waals surface area (Å²) in [5.74, 6) is 0.461. The number of hydrogen-bond donors (Lipinski definition) is 2. The first-order valence-electron chi connectivity index (χ1n) is 9.26. The van der Waals surface area contributed by atoms with Gasteiger partial charge >= 0.3 is 0 Å². The number of sulfonamides is 1. The van der Waals surface area contributed by atoms with Crippen LogP contribution in [0.3, 0.4) is 0 Å². The third kappa shape index (κ3) is 5.26. The van der Waals surface area contributed by atoms with Crippen molar-refractivity contribution in [2.45, 2.75) is 11.8 Å². The first kappa shape index (κ1) is 21.1. The number of rotatable bonds is 7. The van der Waals surface area contributed by atoms with Crippen LogP contribution in [-0.4, -0.2) is 58.6 Å². The van der Waals surface area contributed by atoms with Gasteiger partial charge < -0.3 is 20.1 Å². The molecule has 0 radical (unpaired) electrons. The molecule has 1 aliphatic heterocycles. The number of nitrogens with one attached hydrogen (secondary N) is 2. The van der Waals surface area contributed by atoms with Crippen LogP contribution < -0.4 is 15.4 Å². The Morgan fingerprint density at radius 2 is 1.76 bits per heavy atom. The highest BCUT2D eigenvalue weighted by Gasteiger charge is 2.27. The predicted molar refractivity (Wildman–Crippen MR) is 111 cm³/mol. The van der Waals surface area contributed by atoms with E-state index in [9.17, 15) is 13.2 Å².